The molecule has 0 N–H and O–H groups in total. The van der Waals surface area contributed by atoms with E-state index in [1.54, 1.807) is 38.6 Å². The molecule has 11 heteroatoms. The van der Waals surface area contributed by atoms with Gasteiger partial charge in [-0.15, -0.1) is 0 Å². The standard InChI is InChI=1S/C27H31N3O7S/c1-34-24-15-20(16-25(35-2)27(24)36-3)18-29(26-9-4-5-10-28-26)19-23(31)21-7-6-8-22(17-21)38(32,33)30-11-13-37-14-12-30/h4-10,15-17H,11-14,18-19H2,1-3H3. The first-order chi connectivity index (χ1) is 18.4. The quantitative estimate of drug-likeness (QED) is 0.339. The number of ether oxygens (including phenoxy) is 4. The van der Waals surface area contributed by atoms with Crippen molar-refractivity contribution in [3.05, 3.63) is 71.9 Å². The first kappa shape index (κ1) is 27.4. The number of methoxy groups -OCH3 is 3. The first-order valence-electron chi connectivity index (χ1n) is 12.0. The number of sulfonamides is 1. The Morgan fingerprint density at radius 1 is 0.974 bits per heavy atom. The van der Waals surface area contributed by atoms with Gasteiger partial charge in [0, 0.05) is 31.4 Å². The predicted octanol–water partition coefficient (Wildman–Crippen LogP) is 3.02. The number of rotatable bonds is 11. The molecule has 0 atom stereocenters. The van der Waals surface area contributed by atoms with E-state index in [9.17, 15) is 13.2 Å². The van der Waals surface area contributed by atoms with Crippen LogP contribution < -0.4 is 19.1 Å². The topological polar surface area (TPSA) is 108 Å². The Morgan fingerprint density at radius 2 is 1.68 bits per heavy atom. The number of carbonyl (C=O) groups is 1. The van der Waals surface area contributed by atoms with Gasteiger partial charge >= 0.3 is 0 Å². The highest BCUT2D eigenvalue weighted by Crippen LogP contribution is 2.38. The average Bonchev–Trinajstić information content (AvgIpc) is 2.97. The van der Waals surface area contributed by atoms with Crippen LogP contribution in [0.1, 0.15) is 15.9 Å². The summed E-state index contributed by atoms with van der Waals surface area (Å²) in [6, 6.07) is 15.2. The molecule has 1 aliphatic heterocycles. The average molecular weight is 542 g/mol. The van der Waals surface area contributed by atoms with E-state index in [0.717, 1.165) is 5.56 Å². The van der Waals surface area contributed by atoms with E-state index < -0.39 is 10.0 Å². The number of ketones is 1. The van der Waals surface area contributed by atoms with Crippen molar-refractivity contribution in [2.45, 2.75) is 11.4 Å². The van der Waals surface area contributed by atoms with Gasteiger partial charge in [-0.25, -0.2) is 13.4 Å². The van der Waals surface area contributed by atoms with Crippen molar-refractivity contribution in [1.29, 1.82) is 0 Å². The molecule has 0 amide bonds. The lowest BCUT2D eigenvalue weighted by molar-refractivity contribution is 0.0730. The SMILES string of the molecule is COc1cc(CN(CC(=O)c2cccc(S(=O)(=O)N3CCOCC3)c2)c2ccccn2)cc(OC)c1OC. The summed E-state index contributed by atoms with van der Waals surface area (Å²) in [4.78, 5) is 19.8. The lowest BCUT2D eigenvalue weighted by atomic mass is 10.1. The van der Waals surface area contributed by atoms with Crippen LogP contribution in [0.5, 0.6) is 17.2 Å². The number of Topliss-reactive ketones (excluding diaryl/α,β-unsaturated/α-hetero) is 1. The molecule has 2 heterocycles. The van der Waals surface area contributed by atoms with Crippen molar-refractivity contribution in [2.24, 2.45) is 0 Å². The molecule has 3 aromatic rings. The highest BCUT2D eigenvalue weighted by atomic mass is 32.2. The highest BCUT2D eigenvalue weighted by molar-refractivity contribution is 7.89. The normalized spacial score (nSPS) is 14.1. The second kappa shape index (κ2) is 12.2. The Morgan fingerprint density at radius 3 is 2.29 bits per heavy atom. The Labute approximate surface area is 222 Å². The molecule has 0 spiro atoms. The van der Waals surface area contributed by atoms with Crippen LogP contribution >= 0.6 is 0 Å². The molecule has 0 bridgehead atoms. The van der Waals surface area contributed by atoms with Gasteiger partial charge in [0.25, 0.3) is 0 Å². The zero-order valence-corrected chi connectivity index (χ0v) is 22.4. The van der Waals surface area contributed by atoms with Crippen molar-refractivity contribution < 1.29 is 32.2 Å². The number of morpholine rings is 1. The Balaban J connectivity index is 1.62. The number of benzene rings is 2. The third-order valence-electron chi connectivity index (χ3n) is 6.17. The molecule has 10 nitrogen and oxygen atoms in total. The van der Waals surface area contributed by atoms with Crippen LogP contribution in [0, 0.1) is 0 Å². The van der Waals surface area contributed by atoms with Crippen LogP contribution in [0.3, 0.4) is 0 Å². The van der Waals surface area contributed by atoms with Crippen LogP contribution in [0.4, 0.5) is 5.82 Å². The van der Waals surface area contributed by atoms with E-state index in [1.165, 1.54) is 23.5 Å². The summed E-state index contributed by atoms with van der Waals surface area (Å²) < 4.78 is 49.3. The smallest absolute Gasteiger partial charge is 0.243 e. The summed E-state index contributed by atoms with van der Waals surface area (Å²) in [5, 5.41) is 0. The molecule has 38 heavy (non-hydrogen) atoms. The fourth-order valence-electron chi connectivity index (χ4n) is 4.24. The van der Waals surface area contributed by atoms with Gasteiger partial charge in [-0.1, -0.05) is 18.2 Å². The predicted molar refractivity (Wildman–Crippen MR) is 142 cm³/mol. The van der Waals surface area contributed by atoms with E-state index in [4.69, 9.17) is 18.9 Å². The summed E-state index contributed by atoms with van der Waals surface area (Å²) in [7, 11) is 0.882. The lowest BCUT2D eigenvalue weighted by Crippen LogP contribution is -2.40. The lowest BCUT2D eigenvalue weighted by Gasteiger charge is -2.26. The number of pyridine rings is 1. The van der Waals surface area contributed by atoms with Gasteiger partial charge in [0.15, 0.2) is 17.3 Å². The van der Waals surface area contributed by atoms with Crippen LogP contribution in [0.15, 0.2) is 65.7 Å². The number of anilines is 1. The van der Waals surface area contributed by atoms with Gasteiger partial charge in [0.1, 0.15) is 5.82 Å². The van der Waals surface area contributed by atoms with Crippen LogP contribution in [-0.2, 0) is 21.3 Å². The second-order valence-corrected chi connectivity index (χ2v) is 10.5. The van der Waals surface area contributed by atoms with Gasteiger partial charge < -0.3 is 23.8 Å². The maximum Gasteiger partial charge on any atom is 0.243 e. The van der Waals surface area contributed by atoms with E-state index in [2.05, 4.69) is 4.98 Å². The molecule has 202 valence electrons. The Hall–Kier alpha value is -3.67. The molecule has 1 fully saturated rings. The van der Waals surface area contributed by atoms with Crippen molar-refractivity contribution in [1.82, 2.24) is 9.29 Å². The monoisotopic (exact) mass is 541 g/mol. The maximum absolute atomic E-state index is 13.5. The molecule has 2 aromatic carbocycles. The Kier molecular flexibility index (Phi) is 8.82. The van der Waals surface area contributed by atoms with Crippen molar-refractivity contribution in [2.75, 3.05) is 59.1 Å². The molecular weight excluding hydrogens is 510 g/mol. The van der Waals surface area contributed by atoms with Crippen LogP contribution in [-0.4, -0.2) is 77.7 Å². The summed E-state index contributed by atoms with van der Waals surface area (Å²) in [6.45, 7) is 1.53. The van der Waals surface area contributed by atoms with E-state index in [-0.39, 0.29) is 30.3 Å². The molecular formula is C27H31N3O7S. The fourth-order valence-corrected chi connectivity index (χ4v) is 5.69. The minimum Gasteiger partial charge on any atom is -0.493 e. The number of nitrogens with zero attached hydrogens (tertiary/aromatic N) is 3. The third-order valence-corrected chi connectivity index (χ3v) is 8.06. The Bertz CT molecular complexity index is 1340. The molecule has 0 radical (unpaired) electrons. The largest absolute Gasteiger partial charge is 0.493 e. The van der Waals surface area contributed by atoms with Gasteiger partial charge in [0.05, 0.1) is 46.0 Å². The van der Waals surface area contributed by atoms with Crippen molar-refractivity contribution >= 4 is 21.6 Å². The van der Waals surface area contributed by atoms with Crippen LogP contribution in [0.2, 0.25) is 0 Å². The van der Waals surface area contributed by atoms with Gasteiger partial charge in [-0.2, -0.15) is 4.31 Å². The second-order valence-electron chi connectivity index (χ2n) is 8.55. The molecule has 0 unspecified atom stereocenters. The number of hydrogen-bond donors (Lipinski definition) is 0. The van der Waals surface area contributed by atoms with Gasteiger partial charge in [0.2, 0.25) is 15.8 Å². The van der Waals surface area contributed by atoms with Crippen molar-refractivity contribution in [3.63, 3.8) is 0 Å². The summed E-state index contributed by atoms with van der Waals surface area (Å²) >= 11 is 0. The van der Waals surface area contributed by atoms with Crippen molar-refractivity contribution in [3.8, 4) is 17.2 Å². The third kappa shape index (κ3) is 6.07. The minimum atomic E-state index is -3.73. The summed E-state index contributed by atoms with van der Waals surface area (Å²) in [6.07, 6.45) is 1.65. The van der Waals surface area contributed by atoms with Gasteiger partial charge in [-0.05, 0) is 42.0 Å². The molecule has 0 aliphatic carbocycles. The maximum atomic E-state index is 13.5. The minimum absolute atomic E-state index is 0.0330. The van der Waals surface area contributed by atoms with Crippen LogP contribution in [0.25, 0.3) is 0 Å². The number of hydrogen-bond acceptors (Lipinski definition) is 9. The number of aromatic nitrogens is 1. The zero-order valence-electron chi connectivity index (χ0n) is 21.6. The summed E-state index contributed by atoms with van der Waals surface area (Å²) in [5.74, 6) is 1.80. The first-order valence-corrected chi connectivity index (χ1v) is 13.5. The van der Waals surface area contributed by atoms with E-state index in [0.29, 0.717) is 48.4 Å². The molecule has 1 aliphatic rings. The summed E-state index contributed by atoms with van der Waals surface area (Å²) in [5.41, 5.74) is 1.10. The zero-order chi connectivity index (χ0) is 27.1. The molecule has 1 aromatic heterocycles. The number of carbonyl (C=O) groups excluding carboxylic acids is 1. The molecule has 0 saturated carbocycles. The fraction of sp³-hybridized carbons (Fsp3) is 0.333. The molecule has 4 rings (SSSR count). The molecule has 1 saturated heterocycles. The van der Waals surface area contributed by atoms with E-state index in [1.807, 2.05) is 29.2 Å². The van der Waals surface area contributed by atoms with Gasteiger partial charge in [-0.3, -0.25) is 4.79 Å². The van der Waals surface area contributed by atoms with E-state index >= 15 is 0 Å². The highest BCUT2D eigenvalue weighted by Gasteiger charge is 2.27.